The molecule has 2 aromatic rings. The van der Waals surface area contributed by atoms with Gasteiger partial charge < -0.3 is 10.3 Å². The summed E-state index contributed by atoms with van der Waals surface area (Å²) in [4.78, 5) is 12.1. The van der Waals surface area contributed by atoms with E-state index in [9.17, 15) is 9.18 Å². The second-order valence-corrected chi connectivity index (χ2v) is 4.32. The maximum atomic E-state index is 12.8. The highest BCUT2D eigenvalue weighted by atomic mass is 19.1. The van der Waals surface area contributed by atoms with Crippen LogP contribution in [-0.2, 0) is 7.05 Å². The van der Waals surface area contributed by atoms with E-state index >= 15 is 0 Å². The van der Waals surface area contributed by atoms with Crippen LogP contribution in [-0.4, -0.2) is 4.57 Å². The molecule has 0 spiro atoms. The van der Waals surface area contributed by atoms with Crippen molar-refractivity contribution >= 4 is 0 Å². The van der Waals surface area contributed by atoms with E-state index < -0.39 is 6.04 Å². The van der Waals surface area contributed by atoms with Gasteiger partial charge in [-0.05, 0) is 36.8 Å². The number of benzene rings is 1. The Morgan fingerprint density at radius 3 is 2.39 bits per heavy atom. The number of rotatable bonds is 2. The number of hydrogen-bond donors (Lipinski definition) is 1. The molecule has 1 aromatic carbocycles. The van der Waals surface area contributed by atoms with Crippen molar-refractivity contribution in [2.45, 2.75) is 13.0 Å². The number of nitrogens with two attached hydrogens (primary N) is 1. The predicted octanol–water partition coefficient (Wildman–Crippen LogP) is 1.88. The molecule has 0 aliphatic carbocycles. The Morgan fingerprint density at radius 2 is 1.78 bits per heavy atom. The van der Waals surface area contributed by atoms with E-state index in [-0.39, 0.29) is 11.4 Å². The number of pyridine rings is 1. The van der Waals surface area contributed by atoms with E-state index in [0.29, 0.717) is 5.56 Å². The van der Waals surface area contributed by atoms with E-state index in [1.807, 2.05) is 13.0 Å². The average Bonchev–Trinajstić information content (AvgIpc) is 2.36. The fraction of sp³-hybridized carbons (Fsp3) is 0.214. The lowest BCUT2D eigenvalue weighted by Crippen LogP contribution is -2.28. The van der Waals surface area contributed by atoms with E-state index in [2.05, 4.69) is 0 Å². The van der Waals surface area contributed by atoms with Gasteiger partial charge in [-0.25, -0.2) is 4.39 Å². The molecule has 1 aromatic heterocycles. The Morgan fingerprint density at radius 1 is 1.17 bits per heavy atom. The first kappa shape index (κ1) is 12.5. The van der Waals surface area contributed by atoms with Crippen LogP contribution in [0.3, 0.4) is 0 Å². The Kier molecular flexibility index (Phi) is 3.30. The molecule has 2 N–H and O–H groups in total. The summed E-state index contributed by atoms with van der Waals surface area (Å²) in [6, 6.07) is 8.91. The minimum absolute atomic E-state index is 0.119. The van der Waals surface area contributed by atoms with Crippen LogP contribution in [0.2, 0.25) is 0 Å². The van der Waals surface area contributed by atoms with Gasteiger partial charge in [0.1, 0.15) is 5.82 Å². The third kappa shape index (κ3) is 2.19. The predicted molar refractivity (Wildman–Crippen MR) is 68.9 cm³/mol. The third-order valence-electron chi connectivity index (χ3n) is 3.15. The fourth-order valence-corrected chi connectivity index (χ4v) is 1.83. The quantitative estimate of drug-likeness (QED) is 0.879. The third-order valence-corrected chi connectivity index (χ3v) is 3.15. The fourth-order valence-electron chi connectivity index (χ4n) is 1.83. The van der Waals surface area contributed by atoms with Crippen molar-refractivity contribution in [2.75, 3.05) is 0 Å². The highest BCUT2D eigenvalue weighted by Crippen LogP contribution is 2.17. The van der Waals surface area contributed by atoms with Crippen molar-refractivity contribution in [1.29, 1.82) is 0 Å². The first-order valence-corrected chi connectivity index (χ1v) is 5.68. The number of nitrogens with zero attached hydrogens (tertiary/aromatic N) is 1. The number of hydrogen-bond acceptors (Lipinski definition) is 2. The molecule has 18 heavy (non-hydrogen) atoms. The molecular weight excluding hydrogens is 231 g/mol. The van der Waals surface area contributed by atoms with Crippen molar-refractivity contribution in [3.8, 4) is 0 Å². The van der Waals surface area contributed by atoms with Gasteiger partial charge in [-0.15, -0.1) is 0 Å². The van der Waals surface area contributed by atoms with Crippen molar-refractivity contribution in [3.63, 3.8) is 0 Å². The molecule has 3 nitrogen and oxygen atoms in total. The van der Waals surface area contributed by atoms with Crippen LogP contribution in [0.1, 0.15) is 22.9 Å². The molecule has 1 unspecified atom stereocenters. The van der Waals surface area contributed by atoms with Gasteiger partial charge in [-0.1, -0.05) is 12.1 Å². The Hall–Kier alpha value is -1.94. The average molecular weight is 246 g/mol. The lowest BCUT2D eigenvalue weighted by atomic mass is 10.0. The van der Waals surface area contributed by atoms with Crippen LogP contribution in [0.25, 0.3) is 0 Å². The molecule has 94 valence electrons. The molecule has 0 bridgehead atoms. The van der Waals surface area contributed by atoms with Crippen LogP contribution < -0.4 is 11.3 Å². The molecule has 0 amide bonds. The van der Waals surface area contributed by atoms with Crippen LogP contribution in [0.4, 0.5) is 4.39 Å². The van der Waals surface area contributed by atoms with Crippen LogP contribution in [0.15, 0.2) is 41.2 Å². The highest BCUT2D eigenvalue weighted by Gasteiger charge is 2.14. The zero-order chi connectivity index (χ0) is 13.3. The molecule has 0 fully saturated rings. The molecule has 2 rings (SSSR count). The zero-order valence-corrected chi connectivity index (χ0v) is 10.4. The van der Waals surface area contributed by atoms with Crippen molar-refractivity contribution in [2.24, 2.45) is 12.8 Å². The van der Waals surface area contributed by atoms with Crippen LogP contribution in [0, 0.1) is 12.7 Å². The largest absolute Gasteiger partial charge is 0.320 e. The SMILES string of the molecule is Cc1ccc(C(N)c2ccc(F)cc2)c(=O)n1C. The van der Waals surface area contributed by atoms with Crippen LogP contribution >= 0.6 is 0 Å². The van der Waals surface area contributed by atoms with Gasteiger partial charge in [-0.2, -0.15) is 0 Å². The minimum atomic E-state index is -0.537. The second kappa shape index (κ2) is 4.74. The van der Waals surface area contributed by atoms with Gasteiger partial charge in [0.25, 0.3) is 5.56 Å². The maximum absolute atomic E-state index is 12.8. The van der Waals surface area contributed by atoms with E-state index in [4.69, 9.17) is 5.73 Å². The first-order chi connectivity index (χ1) is 8.50. The zero-order valence-electron chi connectivity index (χ0n) is 10.4. The molecular formula is C14H15FN2O. The number of halogens is 1. The first-order valence-electron chi connectivity index (χ1n) is 5.68. The lowest BCUT2D eigenvalue weighted by Gasteiger charge is -2.14. The molecule has 4 heteroatoms. The van der Waals surface area contributed by atoms with Gasteiger partial charge in [0.15, 0.2) is 0 Å². The molecule has 0 aliphatic rings. The monoisotopic (exact) mass is 246 g/mol. The summed E-state index contributed by atoms with van der Waals surface area (Å²) in [5.41, 5.74) is 8.03. The standard InChI is InChI=1S/C14H15FN2O/c1-9-3-8-12(14(18)17(9)2)13(16)10-4-6-11(15)7-5-10/h3-8,13H,16H2,1-2H3. The molecule has 0 saturated heterocycles. The second-order valence-electron chi connectivity index (χ2n) is 4.32. The maximum Gasteiger partial charge on any atom is 0.255 e. The molecule has 1 heterocycles. The molecule has 0 radical (unpaired) electrons. The van der Waals surface area contributed by atoms with Gasteiger partial charge in [0, 0.05) is 18.3 Å². The van der Waals surface area contributed by atoms with Crippen molar-refractivity contribution in [3.05, 3.63) is 69.4 Å². The summed E-state index contributed by atoms with van der Waals surface area (Å²) in [5, 5.41) is 0. The Balaban J connectivity index is 2.46. The summed E-state index contributed by atoms with van der Waals surface area (Å²) in [6.07, 6.45) is 0. The van der Waals surface area contributed by atoms with Crippen LogP contribution in [0.5, 0.6) is 0 Å². The van der Waals surface area contributed by atoms with Gasteiger partial charge in [-0.3, -0.25) is 4.79 Å². The van der Waals surface area contributed by atoms with Gasteiger partial charge >= 0.3 is 0 Å². The number of aromatic nitrogens is 1. The molecule has 0 saturated carbocycles. The summed E-state index contributed by atoms with van der Waals surface area (Å²) in [5.74, 6) is -0.317. The summed E-state index contributed by atoms with van der Waals surface area (Å²) in [6.45, 7) is 1.86. The smallest absolute Gasteiger partial charge is 0.255 e. The summed E-state index contributed by atoms with van der Waals surface area (Å²) >= 11 is 0. The van der Waals surface area contributed by atoms with Crippen molar-refractivity contribution in [1.82, 2.24) is 4.57 Å². The topological polar surface area (TPSA) is 48.0 Å². The highest BCUT2D eigenvalue weighted by molar-refractivity contribution is 5.30. The minimum Gasteiger partial charge on any atom is -0.320 e. The Bertz CT molecular complexity index is 617. The normalized spacial score (nSPS) is 12.4. The number of aryl methyl sites for hydroxylation is 1. The summed E-state index contributed by atoms with van der Waals surface area (Å²) in [7, 11) is 1.71. The van der Waals surface area contributed by atoms with E-state index in [0.717, 1.165) is 11.3 Å². The Labute approximate surface area is 105 Å². The van der Waals surface area contributed by atoms with E-state index in [1.54, 1.807) is 29.8 Å². The molecule has 1 atom stereocenters. The lowest BCUT2D eigenvalue weighted by molar-refractivity contribution is 0.626. The van der Waals surface area contributed by atoms with E-state index in [1.165, 1.54) is 12.1 Å². The van der Waals surface area contributed by atoms with Gasteiger partial charge in [0.2, 0.25) is 0 Å². The molecule has 0 aliphatic heterocycles. The van der Waals surface area contributed by atoms with Gasteiger partial charge in [0.05, 0.1) is 6.04 Å². The van der Waals surface area contributed by atoms with Crippen molar-refractivity contribution < 1.29 is 4.39 Å². The summed E-state index contributed by atoms with van der Waals surface area (Å²) < 4.78 is 14.4.